The van der Waals surface area contributed by atoms with E-state index in [0.717, 1.165) is 44.9 Å². The molecule has 0 bridgehead atoms. The number of aryl methyl sites for hydroxylation is 1. The van der Waals surface area contributed by atoms with Crippen molar-refractivity contribution in [2.45, 2.75) is 13.0 Å². The fourth-order valence-electron chi connectivity index (χ4n) is 2.88. The number of benzene rings is 2. The van der Waals surface area contributed by atoms with Crippen LogP contribution in [0.25, 0.3) is 11.3 Å². The highest BCUT2D eigenvalue weighted by atomic mass is 79.9. The van der Waals surface area contributed by atoms with E-state index in [1.807, 2.05) is 36.5 Å². The van der Waals surface area contributed by atoms with E-state index in [1.165, 1.54) is 12.1 Å². The van der Waals surface area contributed by atoms with Crippen molar-refractivity contribution in [1.82, 2.24) is 9.55 Å². The first-order valence-electron chi connectivity index (χ1n) is 8.83. The summed E-state index contributed by atoms with van der Waals surface area (Å²) in [4.78, 5) is 10.0. The zero-order chi connectivity index (χ0) is 19.3. The molecule has 140 valence electrons. The van der Waals surface area contributed by atoms with Crippen molar-refractivity contribution in [2.24, 2.45) is 4.99 Å². The van der Waals surface area contributed by atoms with Crippen LogP contribution in [-0.2, 0) is 13.0 Å². The summed E-state index contributed by atoms with van der Waals surface area (Å²) < 4.78 is 16.5. The summed E-state index contributed by atoms with van der Waals surface area (Å²) in [5.41, 5.74) is 4.00. The number of rotatable bonds is 5. The van der Waals surface area contributed by atoms with E-state index in [-0.39, 0.29) is 5.82 Å². The van der Waals surface area contributed by atoms with Gasteiger partial charge in [-0.05, 0) is 54.1 Å². The first-order chi connectivity index (χ1) is 13.7. The molecular weight excluding hydrogens is 437 g/mol. The molecule has 0 unspecified atom stereocenters. The molecule has 6 heteroatoms. The van der Waals surface area contributed by atoms with E-state index >= 15 is 0 Å². The number of aromatic nitrogens is 2. The average molecular weight is 454 g/mol. The molecule has 0 amide bonds. The molecular formula is C22H17BrFN3S. The molecule has 3 nitrogen and oxygen atoms in total. The van der Waals surface area contributed by atoms with Crippen LogP contribution >= 0.6 is 27.3 Å². The molecule has 4 aromatic rings. The summed E-state index contributed by atoms with van der Waals surface area (Å²) in [5, 5.41) is 2.12. The third-order valence-corrected chi connectivity index (χ3v) is 5.70. The lowest BCUT2D eigenvalue weighted by molar-refractivity contribution is 0.628. The second kappa shape index (κ2) is 8.63. The van der Waals surface area contributed by atoms with Gasteiger partial charge >= 0.3 is 0 Å². The van der Waals surface area contributed by atoms with Gasteiger partial charge in [0.15, 0.2) is 4.80 Å². The number of halogens is 2. The maximum absolute atomic E-state index is 13.2. The van der Waals surface area contributed by atoms with Gasteiger partial charge < -0.3 is 4.57 Å². The summed E-state index contributed by atoms with van der Waals surface area (Å²) in [6, 6.07) is 20.4. The molecule has 0 saturated heterocycles. The summed E-state index contributed by atoms with van der Waals surface area (Å²) >= 11 is 5.07. The Kier molecular flexibility index (Phi) is 5.78. The third-order valence-electron chi connectivity index (χ3n) is 4.31. The Labute approximate surface area is 175 Å². The summed E-state index contributed by atoms with van der Waals surface area (Å²) in [5.74, 6) is -0.260. The number of nitrogens with zero attached hydrogens (tertiary/aromatic N) is 3. The van der Waals surface area contributed by atoms with Gasteiger partial charge in [0.05, 0.1) is 11.4 Å². The molecule has 28 heavy (non-hydrogen) atoms. The van der Waals surface area contributed by atoms with Crippen LogP contribution in [0.4, 0.5) is 10.1 Å². The van der Waals surface area contributed by atoms with Crippen molar-refractivity contribution in [3.63, 3.8) is 0 Å². The topological polar surface area (TPSA) is 30.2 Å². The van der Waals surface area contributed by atoms with Gasteiger partial charge in [-0.15, -0.1) is 11.3 Å². The third kappa shape index (κ3) is 4.46. The molecule has 2 heterocycles. The second-order valence-electron chi connectivity index (χ2n) is 6.22. The maximum atomic E-state index is 13.2. The predicted octanol–water partition coefficient (Wildman–Crippen LogP) is 5.99. The largest absolute Gasteiger partial charge is 0.316 e. The van der Waals surface area contributed by atoms with Crippen LogP contribution in [0.1, 0.15) is 5.69 Å². The molecule has 0 saturated carbocycles. The number of pyridine rings is 1. The van der Waals surface area contributed by atoms with Crippen LogP contribution in [0.5, 0.6) is 0 Å². The van der Waals surface area contributed by atoms with Crippen LogP contribution in [-0.4, -0.2) is 9.55 Å². The fraction of sp³-hybridized carbons (Fsp3) is 0.0909. The van der Waals surface area contributed by atoms with Crippen molar-refractivity contribution < 1.29 is 4.39 Å². The Bertz CT molecular complexity index is 1120. The van der Waals surface area contributed by atoms with Crippen LogP contribution in [0.15, 0.2) is 87.8 Å². The lowest BCUT2D eigenvalue weighted by Crippen LogP contribution is -2.17. The van der Waals surface area contributed by atoms with Crippen molar-refractivity contribution >= 4 is 33.0 Å². The smallest absolute Gasteiger partial charge is 0.190 e. The van der Waals surface area contributed by atoms with Crippen molar-refractivity contribution in [1.29, 1.82) is 0 Å². The molecule has 0 aliphatic heterocycles. The molecule has 0 fully saturated rings. The quantitative estimate of drug-likeness (QED) is 0.365. The normalized spacial score (nSPS) is 11.7. The summed E-state index contributed by atoms with van der Waals surface area (Å²) in [6.07, 6.45) is 2.62. The highest BCUT2D eigenvalue weighted by Gasteiger charge is 2.09. The molecule has 0 aliphatic carbocycles. The minimum atomic E-state index is -0.260. The monoisotopic (exact) mass is 453 g/mol. The Balaban J connectivity index is 1.75. The highest BCUT2D eigenvalue weighted by molar-refractivity contribution is 9.10. The van der Waals surface area contributed by atoms with Gasteiger partial charge in [0.2, 0.25) is 0 Å². The van der Waals surface area contributed by atoms with Crippen molar-refractivity contribution in [3.8, 4) is 11.3 Å². The van der Waals surface area contributed by atoms with Gasteiger partial charge in [0, 0.05) is 34.7 Å². The van der Waals surface area contributed by atoms with Crippen molar-refractivity contribution in [3.05, 3.63) is 99.1 Å². The zero-order valence-corrected chi connectivity index (χ0v) is 17.3. The van der Waals surface area contributed by atoms with Gasteiger partial charge in [-0.1, -0.05) is 34.1 Å². The van der Waals surface area contributed by atoms with E-state index in [2.05, 4.69) is 43.0 Å². The van der Waals surface area contributed by atoms with E-state index in [9.17, 15) is 4.39 Å². The molecule has 4 rings (SSSR count). The molecule has 0 N–H and O–H groups in total. The zero-order valence-electron chi connectivity index (χ0n) is 14.9. The lowest BCUT2D eigenvalue weighted by Gasteiger charge is -2.09. The first kappa shape index (κ1) is 18.8. The highest BCUT2D eigenvalue weighted by Crippen LogP contribution is 2.23. The van der Waals surface area contributed by atoms with Crippen LogP contribution in [0, 0.1) is 5.82 Å². The van der Waals surface area contributed by atoms with Gasteiger partial charge in [0.1, 0.15) is 5.82 Å². The minimum absolute atomic E-state index is 0.260. The van der Waals surface area contributed by atoms with Gasteiger partial charge in [-0.3, -0.25) is 4.98 Å². The molecule has 2 aromatic carbocycles. The predicted molar refractivity (Wildman–Crippen MR) is 115 cm³/mol. The maximum Gasteiger partial charge on any atom is 0.190 e. The molecule has 2 aromatic heterocycles. The Morgan fingerprint density at radius 2 is 1.79 bits per heavy atom. The average Bonchev–Trinajstić information content (AvgIpc) is 3.12. The summed E-state index contributed by atoms with van der Waals surface area (Å²) in [6.45, 7) is 0.756. The lowest BCUT2D eigenvalue weighted by atomic mass is 10.1. The Morgan fingerprint density at radius 1 is 1.00 bits per heavy atom. The standard InChI is InChI=1S/C22H17BrFN3S/c23-17-6-4-16(5-7-17)21-15-28-22(26-20-10-8-18(24)9-11-20)27(21)14-12-19-3-1-2-13-25-19/h1-11,13,15H,12,14H2. The fourth-order valence-corrected chi connectivity index (χ4v) is 4.10. The minimum Gasteiger partial charge on any atom is -0.316 e. The van der Waals surface area contributed by atoms with Crippen LogP contribution in [0.2, 0.25) is 0 Å². The Hall–Kier alpha value is -2.57. The van der Waals surface area contributed by atoms with E-state index in [1.54, 1.807) is 23.5 Å². The second-order valence-corrected chi connectivity index (χ2v) is 7.97. The summed E-state index contributed by atoms with van der Waals surface area (Å²) in [7, 11) is 0. The van der Waals surface area contributed by atoms with Gasteiger partial charge in [0.25, 0.3) is 0 Å². The van der Waals surface area contributed by atoms with Crippen LogP contribution in [0.3, 0.4) is 0 Å². The van der Waals surface area contributed by atoms with Gasteiger partial charge in [-0.25, -0.2) is 9.38 Å². The number of hydrogen-bond acceptors (Lipinski definition) is 3. The van der Waals surface area contributed by atoms with E-state index < -0.39 is 0 Å². The number of thiazole rings is 1. The molecule has 0 radical (unpaired) electrons. The Morgan fingerprint density at radius 3 is 2.50 bits per heavy atom. The SMILES string of the molecule is Fc1ccc(N=c2scc(-c3ccc(Br)cc3)n2CCc2ccccn2)cc1. The number of hydrogen-bond donors (Lipinski definition) is 0. The van der Waals surface area contributed by atoms with E-state index in [0.29, 0.717) is 0 Å². The van der Waals surface area contributed by atoms with Gasteiger partial charge in [-0.2, -0.15) is 0 Å². The van der Waals surface area contributed by atoms with E-state index in [4.69, 9.17) is 4.99 Å². The molecule has 0 atom stereocenters. The molecule has 0 spiro atoms. The van der Waals surface area contributed by atoms with Crippen LogP contribution < -0.4 is 4.80 Å². The molecule has 0 aliphatic rings. The van der Waals surface area contributed by atoms with Crippen molar-refractivity contribution in [2.75, 3.05) is 0 Å². The first-order valence-corrected chi connectivity index (χ1v) is 10.5.